The molecule has 0 saturated carbocycles. The Morgan fingerprint density at radius 3 is 2.61 bits per heavy atom. The molecular weight excluding hydrogens is 420 g/mol. The Morgan fingerprint density at radius 2 is 1.97 bits per heavy atom. The first-order valence-electron chi connectivity index (χ1n) is 10.9. The first-order valence-corrected chi connectivity index (χ1v) is 10.9. The minimum Gasteiger partial charge on any atom is -0.490 e. The van der Waals surface area contributed by atoms with Crippen LogP contribution in [0.4, 0.5) is 4.79 Å². The monoisotopic (exact) mass is 450 g/mol. The van der Waals surface area contributed by atoms with Gasteiger partial charge in [0.1, 0.15) is 24.0 Å². The van der Waals surface area contributed by atoms with Crippen LogP contribution in [-0.4, -0.2) is 33.9 Å². The summed E-state index contributed by atoms with van der Waals surface area (Å²) in [5.74, 6) is 0.662. The van der Waals surface area contributed by atoms with Crippen LogP contribution in [-0.2, 0) is 11.8 Å². The quantitative estimate of drug-likeness (QED) is 0.562. The Labute approximate surface area is 193 Å². The number of benzene rings is 1. The molecule has 0 saturated heterocycles. The molecule has 2 aromatic heterocycles. The first-order chi connectivity index (χ1) is 15.5. The standard InChI is InChI=1S/C25H30N4O4/c1-15(2)9-17(28-24(31)33-25(3,4)5)14-32-22-11-21-19(10-16(22)12-26)18-7-8-27-13-20(18)23(30)29(21)6/h7-8,10-11,13,15,17H,9,14H2,1-6H3,(H,28,31). The fraction of sp³-hybridized carbons (Fsp3) is 0.440. The van der Waals surface area contributed by atoms with E-state index in [0.29, 0.717) is 34.6 Å². The van der Waals surface area contributed by atoms with E-state index in [1.807, 2.05) is 0 Å². The summed E-state index contributed by atoms with van der Waals surface area (Å²) in [7, 11) is 1.68. The maximum absolute atomic E-state index is 12.8. The molecule has 3 rings (SSSR count). The molecule has 0 radical (unpaired) electrons. The van der Waals surface area contributed by atoms with Crippen LogP contribution in [0.1, 0.15) is 46.6 Å². The Hall–Kier alpha value is -3.60. The van der Waals surface area contributed by atoms with Gasteiger partial charge in [0, 0.05) is 30.9 Å². The number of aryl methyl sites for hydroxylation is 1. The summed E-state index contributed by atoms with van der Waals surface area (Å²) in [6, 6.07) is 7.07. The van der Waals surface area contributed by atoms with Gasteiger partial charge in [-0.25, -0.2) is 4.79 Å². The van der Waals surface area contributed by atoms with Gasteiger partial charge in [-0.2, -0.15) is 5.26 Å². The number of hydrogen-bond donors (Lipinski definition) is 1. The van der Waals surface area contributed by atoms with Crippen molar-refractivity contribution in [1.82, 2.24) is 14.9 Å². The van der Waals surface area contributed by atoms with Crippen molar-refractivity contribution in [2.24, 2.45) is 13.0 Å². The minimum atomic E-state index is -0.608. The number of nitrogens with one attached hydrogen (secondary N) is 1. The molecule has 0 fully saturated rings. The predicted molar refractivity (Wildman–Crippen MR) is 127 cm³/mol. The molecule has 2 heterocycles. The first kappa shape index (κ1) is 24.1. The normalized spacial score (nSPS) is 12.5. The van der Waals surface area contributed by atoms with E-state index < -0.39 is 11.7 Å². The van der Waals surface area contributed by atoms with Crippen LogP contribution in [0, 0.1) is 17.2 Å². The van der Waals surface area contributed by atoms with Gasteiger partial charge in [0.15, 0.2) is 0 Å². The highest BCUT2D eigenvalue weighted by Gasteiger charge is 2.21. The van der Waals surface area contributed by atoms with Crippen LogP contribution < -0.4 is 15.6 Å². The fourth-order valence-electron chi connectivity index (χ4n) is 3.76. The average Bonchev–Trinajstić information content (AvgIpc) is 2.73. The van der Waals surface area contributed by atoms with E-state index in [-0.39, 0.29) is 18.2 Å². The summed E-state index contributed by atoms with van der Waals surface area (Å²) in [5.41, 5.74) is 0.210. The van der Waals surface area contributed by atoms with Gasteiger partial charge in [-0.05, 0) is 50.6 Å². The Kier molecular flexibility index (Phi) is 6.92. The van der Waals surface area contributed by atoms with Gasteiger partial charge in [-0.1, -0.05) is 13.8 Å². The molecule has 174 valence electrons. The zero-order valence-corrected chi connectivity index (χ0v) is 19.9. The Morgan fingerprint density at radius 1 is 1.24 bits per heavy atom. The molecule has 0 aliphatic carbocycles. The molecule has 33 heavy (non-hydrogen) atoms. The SMILES string of the molecule is CC(C)CC(COc1cc2c(cc1C#N)c1ccncc1c(=O)n2C)NC(=O)OC(C)(C)C. The highest BCUT2D eigenvalue weighted by molar-refractivity contribution is 6.06. The third-order valence-electron chi connectivity index (χ3n) is 5.14. The number of carbonyl (C=O) groups excluding carboxylic acids is 1. The minimum absolute atomic E-state index is 0.156. The van der Waals surface area contributed by atoms with Gasteiger partial charge >= 0.3 is 6.09 Å². The van der Waals surface area contributed by atoms with Gasteiger partial charge in [0.2, 0.25) is 0 Å². The summed E-state index contributed by atoms with van der Waals surface area (Å²) in [5, 5.41) is 14.6. The molecule has 1 unspecified atom stereocenters. The molecule has 0 bridgehead atoms. The molecule has 8 heteroatoms. The average molecular weight is 451 g/mol. The number of hydrogen-bond acceptors (Lipinski definition) is 6. The van der Waals surface area contributed by atoms with Gasteiger partial charge < -0.3 is 19.4 Å². The van der Waals surface area contributed by atoms with E-state index in [1.165, 1.54) is 10.8 Å². The van der Waals surface area contributed by atoms with Crippen molar-refractivity contribution >= 4 is 27.8 Å². The highest BCUT2D eigenvalue weighted by Crippen LogP contribution is 2.29. The van der Waals surface area contributed by atoms with Crippen molar-refractivity contribution in [3.8, 4) is 11.8 Å². The van der Waals surface area contributed by atoms with Crippen LogP contribution >= 0.6 is 0 Å². The zero-order valence-electron chi connectivity index (χ0n) is 19.9. The summed E-state index contributed by atoms with van der Waals surface area (Å²) >= 11 is 0. The lowest BCUT2D eigenvalue weighted by Gasteiger charge is -2.25. The molecule has 3 aromatic rings. The van der Waals surface area contributed by atoms with E-state index >= 15 is 0 Å². The summed E-state index contributed by atoms with van der Waals surface area (Å²) in [6.07, 6.45) is 3.31. The number of ether oxygens (including phenoxy) is 2. The number of amides is 1. The number of rotatable bonds is 6. The number of carbonyl (C=O) groups is 1. The van der Waals surface area contributed by atoms with Crippen molar-refractivity contribution in [2.75, 3.05) is 6.61 Å². The molecule has 0 spiro atoms. The van der Waals surface area contributed by atoms with Gasteiger partial charge in [0.05, 0.1) is 22.5 Å². The number of aromatic nitrogens is 2. The molecule has 0 aliphatic rings. The third kappa shape index (κ3) is 5.61. The highest BCUT2D eigenvalue weighted by atomic mass is 16.6. The van der Waals surface area contributed by atoms with Crippen molar-refractivity contribution < 1.29 is 14.3 Å². The van der Waals surface area contributed by atoms with Gasteiger partial charge in [-0.15, -0.1) is 0 Å². The van der Waals surface area contributed by atoms with Gasteiger partial charge in [-0.3, -0.25) is 9.78 Å². The van der Waals surface area contributed by atoms with E-state index in [9.17, 15) is 14.9 Å². The summed E-state index contributed by atoms with van der Waals surface area (Å²) in [6.45, 7) is 9.67. The van der Waals surface area contributed by atoms with Crippen molar-refractivity contribution in [3.63, 3.8) is 0 Å². The number of pyridine rings is 2. The second-order valence-corrected chi connectivity index (χ2v) is 9.55. The molecule has 0 aliphatic heterocycles. The number of fused-ring (bicyclic) bond motifs is 3. The second-order valence-electron chi connectivity index (χ2n) is 9.55. The fourth-order valence-corrected chi connectivity index (χ4v) is 3.76. The summed E-state index contributed by atoms with van der Waals surface area (Å²) < 4.78 is 12.9. The summed E-state index contributed by atoms with van der Waals surface area (Å²) in [4.78, 5) is 29.1. The molecule has 1 amide bonds. The Balaban J connectivity index is 1.94. The van der Waals surface area contributed by atoms with Crippen LogP contribution in [0.15, 0.2) is 35.4 Å². The predicted octanol–water partition coefficient (Wildman–Crippen LogP) is 4.28. The zero-order chi connectivity index (χ0) is 24.3. The van der Waals surface area contributed by atoms with Crippen molar-refractivity contribution in [2.45, 2.75) is 52.7 Å². The molecule has 1 aromatic carbocycles. The lowest BCUT2D eigenvalue weighted by Crippen LogP contribution is -2.42. The van der Waals surface area contributed by atoms with Crippen LogP contribution in [0.2, 0.25) is 0 Å². The van der Waals surface area contributed by atoms with Gasteiger partial charge in [0.25, 0.3) is 5.56 Å². The lowest BCUT2D eigenvalue weighted by atomic mass is 10.0. The van der Waals surface area contributed by atoms with Crippen molar-refractivity contribution in [3.05, 3.63) is 46.5 Å². The third-order valence-corrected chi connectivity index (χ3v) is 5.14. The van der Waals surface area contributed by atoms with E-state index in [1.54, 1.807) is 52.2 Å². The lowest BCUT2D eigenvalue weighted by molar-refractivity contribution is 0.0480. The van der Waals surface area contributed by atoms with E-state index in [2.05, 4.69) is 30.2 Å². The number of nitrogens with zero attached hydrogens (tertiary/aromatic N) is 3. The number of alkyl carbamates (subject to hydrolysis) is 1. The smallest absolute Gasteiger partial charge is 0.407 e. The van der Waals surface area contributed by atoms with Crippen LogP contribution in [0.25, 0.3) is 21.7 Å². The van der Waals surface area contributed by atoms with E-state index in [4.69, 9.17) is 9.47 Å². The van der Waals surface area contributed by atoms with E-state index in [0.717, 1.165) is 10.8 Å². The van der Waals surface area contributed by atoms with Crippen LogP contribution in [0.5, 0.6) is 5.75 Å². The Bertz CT molecular complexity index is 1280. The van der Waals surface area contributed by atoms with Crippen LogP contribution in [0.3, 0.4) is 0 Å². The molecule has 1 atom stereocenters. The number of nitriles is 1. The maximum atomic E-state index is 12.8. The largest absolute Gasteiger partial charge is 0.490 e. The van der Waals surface area contributed by atoms with Crippen molar-refractivity contribution in [1.29, 1.82) is 5.26 Å². The second kappa shape index (κ2) is 9.49. The molecule has 1 N–H and O–H groups in total. The topological polar surface area (TPSA) is 106 Å². The maximum Gasteiger partial charge on any atom is 0.407 e. The molecular formula is C25H30N4O4. The molecule has 8 nitrogen and oxygen atoms in total.